The van der Waals surface area contributed by atoms with Crippen LogP contribution in [-0.4, -0.2) is 35.6 Å². The average molecular weight is 282 g/mol. The number of likely N-dealkylation sites (tertiary alicyclic amines) is 1. The summed E-state index contributed by atoms with van der Waals surface area (Å²) in [5.41, 5.74) is 2.16. The summed E-state index contributed by atoms with van der Waals surface area (Å²) in [7, 11) is 0. The molecule has 1 atom stereocenters. The van der Waals surface area contributed by atoms with E-state index >= 15 is 0 Å². The van der Waals surface area contributed by atoms with E-state index in [9.17, 15) is 0 Å². The molecule has 2 rings (SSSR count). The van der Waals surface area contributed by atoms with Gasteiger partial charge >= 0.3 is 0 Å². The van der Waals surface area contributed by atoms with Crippen molar-refractivity contribution in [3.63, 3.8) is 0 Å². The van der Waals surface area contributed by atoms with Crippen LogP contribution in [0.25, 0.3) is 0 Å². The number of hydrogen-bond acceptors (Lipinski definition) is 3. The lowest BCUT2D eigenvalue weighted by atomic mass is 9.90. The van der Waals surface area contributed by atoms with E-state index in [-0.39, 0.29) is 0 Å². The Morgan fingerprint density at radius 3 is 2.74 bits per heavy atom. The third-order valence-electron chi connectivity index (χ3n) is 4.27. The maximum atomic E-state index is 6.18. The zero-order chi connectivity index (χ0) is 13.8. The Labute approximate surface area is 121 Å². The second-order valence-corrected chi connectivity index (χ2v) is 5.86. The molecule has 106 valence electrons. The van der Waals surface area contributed by atoms with Crippen LogP contribution in [0.1, 0.15) is 32.3 Å². The highest BCUT2D eigenvalue weighted by Gasteiger charge is 2.23. The molecule has 0 saturated carbocycles. The zero-order valence-corrected chi connectivity index (χ0v) is 12.9. The first kappa shape index (κ1) is 14.6. The van der Waals surface area contributed by atoms with Gasteiger partial charge in [0.2, 0.25) is 0 Å². The number of rotatable bonds is 4. The van der Waals surface area contributed by atoms with Gasteiger partial charge < -0.3 is 10.2 Å². The summed E-state index contributed by atoms with van der Waals surface area (Å²) >= 11 is 6.18. The standard InChI is InChI=1S/C15H24ClN3/c1-4-19-9-6-13(7-10-19)12(3)18-14-11(2)5-8-17-15(14)16/h5,8,12-13,18H,4,6-7,9-10H2,1-3H3. The molecule has 0 spiro atoms. The van der Waals surface area contributed by atoms with Gasteiger partial charge in [0, 0.05) is 12.2 Å². The van der Waals surface area contributed by atoms with Gasteiger partial charge in [-0.2, -0.15) is 0 Å². The highest BCUT2D eigenvalue weighted by atomic mass is 35.5. The zero-order valence-electron chi connectivity index (χ0n) is 12.1. The monoisotopic (exact) mass is 281 g/mol. The largest absolute Gasteiger partial charge is 0.380 e. The predicted molar refractivity (Wildman–Crippen MR) is 81.9 cm³/mol. The molecule has 1 aromatic rings. The smallest absolute Gasteiger partial charge is 0.152 e. The lowest BCUT2D eigenvalue weighted by Crippen LogP contribution is -2.39. The van der Waals surface area contributed by atoms with Gasteiger partial charge in [0.15, 0.2) is 5.15 Å². The second kappa shape index (κ2) is 6.58. The predicted octanol–water partition coefficient (Wildman–Crippen LogP) is 3.58. The van der Waals surface area contributed by atoms with Crippen molar-refractivity contribution in [3.8, 4) is 0 Å². The first-order chi connectivity index (χ1) is 9.11. The number of piperidine rings is 1. The summed E-state index contributed by atoms with van der Waals surface area (Å²) in [6.45, 7) is 10.2. The minimum atomic E-state index is 0.444. The van der Waals surface area contributed by atoms with Crippen molar-refractivity contribution in [1.29, 1.82) is 0 Å². The molecule has 19 heavy (non-hydrogen) atoms. The van der Waals surface area contributed by atoms with Crippen molar-refractivity contribution in [2.24, 2.45) is 5.92 Å². The summed E-state index contributed by atoms with van der Waals surface area (Å²) in [4.78, 5) is 6.68. The number of pyridine rings is 1. The van der Waals surface area contributed by atoms with E-state index in [0.717, 1.165) is 17.2 Å². The molecule has 1 fully saturated rings. The van der Waals surface area contributed by atoms with E-state index in [1.165, 1.54) is 32.5 Å². The van der Waals surface area contributed by atoms with Crippen molar-refractivity contribution in [1.82, 2.24) is 9.88 Å². The van der Waals surface area contributed by atoms with Crippen LogP contribution in [0.3, 0.4) is 0 Å². The molecular formula is C15H24ClN3. The maximum Gasteiger partial charge on any atom is 0.152 e. The van der Waals surface area contributed by atoms with E-state index in [0.29, 0.717) is 11.2 Å². The molecule has 0 amide bonds. The molecule has 1 aliphatic rings. The fraction of sp³-hybridized carbons (Fsp3) is 0.667. The molecule has 3 nitrogen and oxygen atoms in total. The van der Waals surface area contributed by atoms with Crippen LogP contribution >= 0.6 is 11.6 Å². The Bertz CT molecular complexity index is 394. The number of hydrogen-bond donors (Lipinski definition) is 1. The molecular weight excluding hydrogens is 258 g/mol. The molecule has 0 aromatic carbocycles. The number of nitrogens with one attached hydrogen (secondary N) is 1. The lowest BCUT2D eigenvalue weighted by molar-refractivity contribution is 0.183. The summed E-state index contributed by atoms with van der Waals surface area (Å²) in [6, 6.07) is 2.44. The van der Waals surface area contributed by atoms with Crippen LogP contribution in [0, 0.1) is 12.8 Å². The fourth-order valence-corrected chi connectivity index (χ4v) is 3.07. The van der Waals surface area contributed by atoms with Crippen molar-refractivity contribution in [2.45, 2.75) is 39.7 Å². The topological polar surface area (TPSA) is 28.2 Å². The average Bonchev–Trinajstić information content (AvgIpc) is 2.43. The Kier molecular flexibility index (Phi) is 5.06. The molecule has 1 aliphatic heterocycles. The second-order valence-electron chi connectivity index (χ2n) is 5.50. The summed E-state index contributed by atoms with van der Waals surface area (Å²) in [6.07, 6.45) is 4.28. The van der Waals surface area contributed by atoms with Crippen LogP contribution in [-0.2, 0) is 0 Å². The molecule has 1 unspecified atom stereocenters. The maximum absolute atomic E-state index is 6.18. The highest BCUT2D eigenvalue weighted by molar-refractivity contribution is 6.32. The van der Waals surface area contributed by atoms with E-state index < -0.39 is 0 Å². The quantitative estimate of drug-likeness (QED) is 0.855. The number of aromatic nitrogens is 1. The Hall–Kier alpha value is -0.800. The van der Waals surface area contributed by atoms with Gasteiger partial charge in [-0.25, -0.2) is 4.98 Å². The van der Waals surface area contributed by atoms with Gasteiger partial charge in [-0.1, -0.05) is 18.5 Å². The van der Waals surface area contributed by atoms with Crippen LogP contribution in [0.2, 0.25) is 5.15 Å². The van der Waals surface area contributed by atoms with E-state index in [1.807, 2.05) is 6.07 Å². The van der Waals surface area contributed by atoms with Crippen molar-refractivity contribution in [3.05, 3.63) is 23.0 Å². The fourth-order valence-electron chi connectivity index (χ4n) is 2.81. The van der Waals surface area contributed by atoms with Gasteiger partial charge in [-0.15, -0.1) is 0 Å². The molecule has 1 N–H and O–H groups in total. The minimum Gasteiger partial charge on any atom is -0.380 e. The van der Waals surface area contributed by atoms with Gasteiger partial charge in [0.25, 0.3) is 0 Å². The Balaban J connectivity index is 1.96. The number of anilines is 1. The first-order valence-electron chi connectivity index (χ1n) is 7.21. The molecule has 2 heterocycles. The van der Waals surface area contributed by atoms with Gasteiger partial charge in [0.05, 0.1) is 5.69 Å². The summed E-state index contributed by atoms with van der Waals surface area (Å²) in [5, 5.41) is 4.15. The highest BCUT2D eigenvalue weighted by Crippen LogP contribution is 2.28. The van der Waals surface area contributed by atoms with E-state index in [1.54, 1.807) is 6.20 Å². The first-order valence-corrected chi connectivity index (χ1v) is 7.59. The van der Waals surface area contributed by atoms with Crippen molar-refractivity contribution < 1.29 is 0 Å². The molecule has 0 bridgehead atoms. The van der Waals surface area contributed by atoms with Crippen LogP contribution in [0.5, 0.6) is 0 Å². The Morgan fingerprint density at radius 2 is 2.16 bits per heavy atom. The van der Waals surface area contributed by atoms with Gasteiger partial charge in [-0.3, -0.25) is 0 Å². The number of nitrogens with zero attached hydrogens (tertiary/aromatic N) is 2. The van der Waals surface area contributed by atoms with Crippen LogP contribution in [0.4, 0.5) is 5.69 Å². The molecule has 1 saturated heterocycles. The normalized spacial score (nSPS) is 19.4. The van der Waals surface area contributed by atoms with Crippen molar-refractivity contribution >= 4 is 17.3 Å². The van der Waals surface area contributed by atoms with Gasteiger partial charge in [0.1, 0.15) is 0 Å². The van der Waals surface area contributed by atoms with Gasteiger partial charge in [-0.05, 0) is 63.9 Å². The molecule has 4 heteroatoms. The third kappa shape index (κ3) is 3.61. The van der Waals surface area contributed by atoms with Crippen LogP contribution in [0.15, 0.2) is 12.3 Å². The number of aryl methyl sites for hydroxylation is 1. The molecule has 0 radical (unpaired) electrons. The van der Waals surface area contributed by atoms with E-state index in [2.05, 4.69) is 36.0 Å². The SMILES string of the molecule is CCN1CCC(C(C)Nc2c(C)ccnc2Cl)CC1. The summed E-state index contributed by atoms with van der Waals surface area (Å²) in [5.74, 6) is 0.721. The van der Waals surface area contributed by atoms with E-state index in [4.69, 9.17) is 11.6 Å². The Morgan fingerprint density at radius 1 is 1.47 bits per heavy atom. The van der Waals surface area contributed by atoms with Crippen LogP contribution < -0.4 is 5.32 Å². The summed E-state index contributed by atoms with van der Waals surface area (Å²) < 4.78 is 0. The molecule has 1 aromatic heterocycles. The lowest BCUT2D eigenvalue weighted by Gasteiger charge is -2.35. The molecule has 0 aliphatic carbocycles. The minimum absolute atomic E-state index is 0.444. The third-order valence-corrected chi connectivity index (χ3v) is 4.56. The van der Waals surface area contributed by atoms with Crippen molar-refractivity contribution in [2.75, 3.05) is 25.0 Å². The number of halogens is 1.